The molecule has 1 aliphatic rings. The van der Waals surface area contributed by atoms with Crippen LogP contribution in [0, 0.1) is 5.41 Å². The molecule has 0 aliphatic heterocycles. The first kappa shape index (κ1) is 15.3. The van der Waals surface area contributed by atoms with E-state index < -0.39 is 0 Å². The summed E-state index contributed by atoms with van der Waals surface area (Å²) in [7, 11) is 0. The van der Waals surface area contributed by atoms with Crippen molar-refractivity contribution in [3.05, 3.63) is 28.2 Å². The zero-order chi connectivity index (χ0) is 14.6. The maximum atomic E-state index is 12.2. The van der Waals surface area contributed by atoms with Gasteiger partial charge in [-0.3, -0.25) is 4.79 Å². The van der Waals surface area contributed by atoms with Crippen molar-refractivity contribution in [1.29, 1.82) is 0 Å². The summed E-state index contributed by atoms with van der Waals surface area (Å²) in [5.41, 5.74) is 6.69. The van der Waals surface area contributed by atoms with E-state index in [1.54, 1.807) is 18.2 Å². The molecule has 0 heterocycles. The molecule has 1 saturated carbocycles. The minimum absolute atomic E-state index is 0.133. The maximum absolute atomic E-state index is 12.2. The van der Waals surface area contributed by atoms with Crippen molar-refractivity contribution in [2.75, 3.05) is 18.9 Å². The van der Waals surface area contributed by atoms with E-state index in [-0.39, 0.29) is 17.9 Å². The summed E-state index contributed by atoms with van der Waals surface area (Å²) >= 11 is 3.33. The minimum Gasteiger partial charge on any atom is -0.399 e. The molecule has 5 heteroatoms. The van der Waals surface area contributed by atoms with Crippen LogP contribution in [-0.4, -0.2) is 24.2 Å². The van der Waals surface area contributed by atoms with Crippen LogP contribution < -0.4 is 11.1 Å². The molecule has 0 radical (unpaired) electrons. The standard InChI is InChI=1S/C15H21BrN2O2/c16-12-6-11(7-13(17)8-12)14(20)18-9-15(10-19)4-2-1-3-5-15/h6-8,19H,1-5,9-10,17H2,(H,18,20). The van der Waals surface area contributed by atoms with Gasteiger partial charge in [0.05, 0.1) is 6.61 Å². The lowest BCUT2D eigenvalue weighted by molar-refractivity contribution is 0.0718. The van der Waals surface area contributed by atoms with Crippen LogP contribution in [-0.2, 0) is 0 Å². The number of hydrogen-bond donors (Lipinski definition) is 3. The van der Waals surface area contributed by atoms with Gasteiger partial charge in [0.25, 0.3) is 5.91 Å². The molecule has 4 nitrogen and oxygen atoms in total. The van der Waals surface area contributed by atoms with Gasteiger partial charge in [-0.05, 0) is 31.0 Å². The Morgan fingerprint density at radius 2 is 2.00 bits per heavy atom. The summed E-state index contributed by atoms with van der Waals surface area (Å²) in [6.45, 7) is 0.655. The molecule has 1 fully saturated rings. The van der Waals surface area contributed by atoms with Crippen molar-refractivity contribution in [3.8, 4) is 0 Å². The number of nitrogens with one attached hydrogen (secondary N) is 1. The van der Waals surface area contributed by atoms with Gasteiger partial charge < -0.3 is 16.2 Å². The largest absolute Gasteiger partial charge is 0.399 e. The van der Waals surface area contributed by atoms with Gasteiger partial charge in [0, 0.05) is 27.7 Å². The first-order valence-corrected chi connectivity index (χ1v) is 7.79. The average Bonchev–Trinajstić information content (AvgIpc) is 2.45. The third kappa shape index (κ3) is 3.73. The maximum Gasteiger partial charge on any atom is 0.251 e. The number of halogens is 1. The van der Waals surface area contributed by atoms with Crippen LogP contribution in [0.4, 0.5) is 5.69 Å². The molecule has 110 valence electrons. The molecule has 1 amide bonds. The monoisotopic (exact) mass is 340 g/mol. The van der Waals surface area contributed by atoms with E-state index in [0.717, 1.165) is 30.2 Å². The van der Waals surface area contributed by atoms with Gasteiger partial charge in [0.1, 0.15) is 0 Å². The van der Waals surface area contributed by atoms with E-state index in [4.69, 9.17) is 5.73 Å². The number of amides is 1. The Hall–Kier alpha value is -1.07. The molecule has 20 heavy (non-hydrogen) atoms. The number of aliphatic hydroxyl groups excluding tert-OH is 1. The Balaban J connectivity index is 2.00. The van der Waals surface area contributed by atoms with E-state index in [9.17, 15) is 9.90 Å². The van der Waals surface area contributed by atoms with Crippen molar-refractivity contribution in [1.82, 2.24) is 5.32 Å². The molecule has 0 atom stereocenters. The molecule has 0 aromatic heterocycles. The van der Waals surface area contributed by atoms with Gasteiger partial charge in [-0.15, -0.1) is 0 Å². The van der Waals surface area contributed by atoms with Gasteiger partial charge in [-0.2, -0.15) is 0 Å². The Labute approximate surface area is 127 Å². The molecule has 1 aliphatic carbocycles. The number of nitrogen functional groups attached to an aromatic ring is 1. The summed E-state index contributed by atoms with van der Waals surface area (Å²) in [6.07, 6.45) is 5.42. The number of carbonyl (C=O) groups is 1. The van der Waals surface area contributed by atoms with Crippen molar-refractivity contribution in [3.63, 3.8) is 0 Å². The van der Waals surface area contributed by atoms with E-state index in [1.807, 2.05) is 0 Å². The highest BCUT2D eigenvalue weighted by atomic mass is 79.9. The Morgan fingerprint density at radius 1 is 1.30 bits per heavy atom. The fourth-order valence-corrected chi connectivity index (χ4v) is 3.32. The summed E-state index contributed by atoms with van der Waals surface area (Å²) < 4.78 is 0.789. The summed E-state index contributed by atoms with van der Waals surface area (Å²) in [5, 5.41) is 12.6. The SMILES string of the molecule is Nc1cc(Br)cc(C(=O)NCC2(CO)CCCCC2)c1. The highest BCUT2D eigenvalue weighted by Gasteiger charge is 2.31. The van der Waals surface area contributed by atoms with Gasteiger partial charge in [-0.25, -0.2) is 0 Å². The van der Waals surface area contributed by atoms with Gasteiger partial charge in [-0.1, -0.05) is 35.2 Å². The fraction of sp³-hybridized carbons (Fsp3) is 0.533. The van der Waals surface area contributed by atoms with Crippen LogP contribution in [0.25, 0.3) is 0 Å². The second-order valence-electron chi connectivity index (χ2n) is 5.67. The summed E-state index contributed by atoms with van der Waals surface area (Å²) in [5.74, 6) is -0.142. The molecular formula is C15H21BrN2O2. The van der Waals surface area contributed by atoms with Crippen LogP contribution in [0.2, 0.25) is 0 Å². The second kappa shape index (κ2) is 6.59. The lowest BCUT2D eigenvalue weighted by Gasteiger charge is -2.35. The molecule has 4 N–H and O–H groups in total. The molecular weight excluding hydrogens is 320 g/mol. The summed E-state index contributed by atoms with van der Waals surface area (Å²) in [6, 6.07) is 5.16. The third-order valence-electron chi connectivity index (χ3n) is 4.06. The van der Waals surface area contributed by atoms with E-state index in [0.29, 0.717) is 17.8 Å². The van der Waals surface area contributed by atoms with Gasteiger partial charge in [0.2, 0.25) is 0 Å². The smallest absolute Gasteiger partial charge is 0.251 e. The van der Waals surface area contributed by atoms with E-state index >= 15 is 0 Å². The van der Waals surface area contributed by atoms with Gasteiger partial charge in [0.15, 0.2) is 0 Å². The number of rotatable bonds is 4. The van der Waals surface area contributed by atoms with Crippen LogP contribution in [0.15, 0.2) is 22.7 Å². The zero-order valence-electron chi connectivity index (χ0n) is 11.5. The number of carbonyl (C=O) groups excluding carboxylic acids is 1. The number of aliphatic hydroxyl groups is 1. The number of hydrogen-bond acceptors (Lipinski definition) is 3. The Kier molecular flexibility index (Phi) is 5.05. The highest BCUT2D eigenvalue weighted by molar-refractivity contribution is 9.10. The molecule has 0 unspecified atom stereocenters. The van der Waals surface area contributed by atoms with Gasteiger partial charge >= 0.3 is 0 Å². The van der Waals surface area contributed by atoms with E-state index in [2.05, 4.69) is 21.2 Å². The number of nitrogens with two attached hydrogens (primary N) is 1. The number of anilines is 1. The second-order valence-corrected chi connectivity index (χ2v) is 6.59. The zero-order valence-corrected chi connectivity index (χ0v) is 13.1. The molecule has 0 bridgehead atoms. The lowest BCUT2D eigenvalue weighted by Crippen LogP contribution is -2.41. The summed E-state index contributed by atoms with van der Waals surface area (Å²) in [4.78, 5) is 12.2. The normalized spacial score (nSPS) is 17.7. The Morgan fingerprint density at radius 3 is 2.60 bits per heavy atom. The topological polar surface area (TPSA) is 75.4 Å². The van der Waals surface area contributed by atoms with Crippen molar-refractivity contribution in [2.45, 2.75) is 32.1 Å². The fourth-order valence-electron chi connectivity index (χ4n) is 2.81. The molecule has 0 spiro atoms. The first-order chi connectivity index (χ1) is 9.54. The van der Waals surface area contributed by atoms with E-state index in [1.165, 1.54) is 6.42 Å². The Bertz CT molecular complexity index is 465. The first-order valence-electron chi connectivity index (χ1n) is 7.00. The number of benzene rings is 1. The quantitative estimate of drug-likeness (QED) is 0.737. The predicted octanol–water partition coefficient (Wildman–Crippen LogP) is 2.70. The average molecular weight is 341 g/mol. The third-order valence-corrected chi connectivity index (χ3v) is 4.51. The van der Waals surface area contributed by atoms with Crippen LogP contribution in [0.1, 0.15) is 42.5 Å². The van der Waals surface area contributed by atoms with Crippen molar-refractivity contribution < 1.29 is 9.90 Å². The van der Waals surface area contributed by atoms with Crippen LogP contribution in [0.5, 0.6) is 0 Å². The van der Waals surface area contributed by atoms with Crippen LogP contribution in [0.3, 0.4) is 0 Å². The predicted molar refractivity (Wildman–Crippen MR) is 83.5 cm³/mol. The highest BCUT2D eigenvalue weighted by Crippen LogP contribution is 2.35. The molecule has 1 aromatic carbocycles. The van der Waals surface area contributed by atoms with Crippen molar-refractivity contribution >= 4 is 27.5 Å². The van der Waals surface area contributed by atoms with Crippen molar-refractivity contribution in [2.24, 2.45) is 5.41 Å². The molecule has 2 rings (SSSR count). The molecule has 1 aromatic rings. The molecule has 0 saturated heterocycles. The lowest BCUT2D eigenvalue weighted by atomic mass is 9.74. The van der Waals surface area contributed by atoms with Crippen LogP contribution >= 0.6 is 15.9 Å². The minimum atomic E-state index is -0.147.